The molecule has 0 bridgehead atoms. The molecule has 0 radical (unpaired) electrons. The SMILES string of the molecule is c1ccc(-c2ccc(N(c3ccc(-c4ccccc4)cc3)c3cccc4c3-c3cccc(-c5ccccc5)c3-c3cc5ccccc5cc3O4)cc2)cc1. The Labute approximate surface area is 315 Å². The summed E-state index contributed by atoms with van der Waals surface area (Å²) < 4.78 is 7.07. The molecule has 0 saturated carbocycles. The molecule has 9 aromatic carbocycles. The highest BCUT2D eigenvalue weighted by Gasteiger charge is 2.29. The van der Waals surface area contributed by atoms with Gasteiger partial charge >= 0.3 is 0 Å². The van der Waals surface area contributed by atoms with Crippen molar-refractivity contribution in [1.29, 1.82) is 0 Å². The van der Waals surface area contributed by atoms with Gasteiger partial charge in [-0.05, 0) is 98.2 Å². The molecule has 0 fully saturated rings. The fourth-order valence-corrected chi connectivity index (χ4v) is 7.88. The van der Waals surface area contributed by atoms with Crippen molar-refractivity contribution in [3.8, 4) is 67.1 Å². The van der Waals surface area contributed by atoms with Crippen LogP contribution in [-0.2, 0) is 0 Å². The molecule has 254 valence electrons. The second-order valence-electron chi connectivity index (χ2n) is 13.7. The average molecular weight is 690 g/mol. The maximum atomic E-state index is 7.07. The fraction of sp³-hybridized carbons (Fsp3) is 0. The van der Waals surface area contributed by atoms with E-state index in [1.807, 2.05) is 0 Å². The number of fused-ring (bicyclic) bond motifs is 6. The normalized spacial score (nSPS) is 11.5. The van der Waals surface area contributed by atoms with Gasteiger partial charge < -0.3 is 9.64 Å². The molecule has 54 heavy (non-hydrogen) atoms. The third-order valence-electron chi connectivity index (χ3n) is 10.5. The van der Waals surface area contributed by atoms with Gasteiger partial charge in [0.15, 0.2) is 0 Å². The summed E-state index contributed by atoms with van der Waals surface area (Å²) >= 11 is 0. The third kappa shape index (κ3) is 5.62. The fourth-order valence-electron chi connectivity index (χ4n) is 7.88. The molecule has 0 aromatic heterocycles. The lowest BCUT2D eigenvalue weighted by atomic mass is 9.86. The Kier molecular flexibility index (Phi) is 7.85. The topological polar surface area (TPSA) is 12.5 Å². The zero-order chi connectivity index (χ0) is 35.8. The monoisotopic (exact) mass is 689 g/mol. The van der Waals surface area contributed by atoms with Crippen LogP contribution in [0.15, 0.2) is 212 Å². The molecule has 0 N–H and O–H groups in total. The molecule has 9 aromatic rings. The van der Waals surface area contributed by atoms with Crippen LogP contribution in [0.25, 0.3) is 66.4 Å². The smallest absolute Gasteiger partial charge is 0.137 e. The molecular weight excluding hydrogens is 655 g/mol. The van der Waals surface area contributed by atoms with Crippen molar-refractivity contribution in [2.24, 2.45) is 0 Å². The predicted molar refractivity (Wildman–Crippen MR) is 226 cm³/mol. The first-order valence-electron chi connectivity index (χ1n) is 18.4. The van der Waals surface area contributed by atoms with Crippen LogP contribution < -0.4 is 9.64 Å². The predicted octanol–water partition coefficient (Wildman–Crippen LogP) is 14.8. The minimum absolute atomic E-state index is 0.819. The zero-order valence-electron chi connectivity index (χ0n) is 29.6. The zero-order valence-corrected chi connectivity index (χ0v) is 29.6. The van der Waals surface area contributed by atoms with Gasteiger partial charge in [0.05, 0.1) is 5.69 Å². The van der Waals surface area contributed by atoms with Gasteiger partial charge in [0.2, 0.25) is 0 Å². The van der Waals surface area contributed by atoms with Crippen LogP contribution in [0.3, 0.4) is 0 Å². The van der Waals surface area contributed by atoms with Gasteiger partial charge in [0.25, 0.3) is 0 Å². The summed E-state index contributed by atoms with van der Waals surface area (Å²) in [6.45, 7) is 0. The largest absolute Gasteiger partial charge is 0.456 e. The maximum absolute atomic E-state index is 7.07. The van der Waals surface area contributed by atoms with E-state index in [-0.39, 0.29) is 0 Å². The number of benzene rings is 9. The van der Waals surface area contributed by atoms with Gasteiger partial charge in [-0.15, -0.1) is 0 Å². The van der Waals surface area contributed by atoms with Gasteiger partial charge in [-0.3, -0.25) is 0 Å². The van der Waals surface area contributed by atoms with E-state index >= 15 is 0 Å². The number of anilines is 3. The molecule has 1 heterocycles. The summed E-state index contributed by atoms with van der Waals surface area (Å²) in [7, 11) is 0. The van der Waals surface area contributed by atoms with Crippen LogP contribution in [0.2, 0.25) is 0 Å². The van der Waals surface area contributed by atoms with Crippen molar-refractivity contribution >= 4 is 27.8 Å². The van der Waals surface area contributed by atoms with Crippen LogP contribution in [0.1, 0.15) is 0 Å². The second kappa shape index (κ2) is 13.4. The molecule has 0 saturated heterocycles. The van der Waals surface area contributed by atoms with E-state index in [0.717, 1.165) is 56.2 Å². The van der Waals surface area contributed by atoms with E-state index in [1.54, 1.807) is 0 Å². The van der Waals surface area contributed by atoms with E-state index in [0.29, 0.717) is 0 Å². The lowest BCUT2D eigenvalue weighted by Gasteiger charge is -2.29. The third-order valence-corrected chi connectivity index (χ3v) is 10.5. The number of rotatable bonds is 6. The lowest BCUT2D eigenvalue weighted by Crippen LogP contribution is -2.11. The quantitative estimate of drug-likeness (QED) is 0.172. The summed E-state index contributed by atoms with van der Waals surface area (Å²) in [5.74, 6) is 1.67. The summed E-state index contributed by atoms with van der Waals surface area (Å²) in [5, 5.41) is 2.33. The van der Waals surface area contributed by atoms with E-state index in [1.165, 1.54) is 38.8 Å². The minimum atomic E-state index is 0.819. The molecule has 0 amide bonds. The molecular formula is C52H35NO. The minimum Gasteiger partial charge on any atom is -0.456 e. The summed E-state index contributed by atoms with van der Waals surface area (Å²) in [6, 6.07) is 75.8. The number of ether oxygens (including phenoxy) is 1. The molecule has 0 atom stereocenters. The highest BCUT2D eigenvalue weighted by Crippen LogP contribution is 2.55. The van der Waals surface area contributed by atoms with Crippen molar-refractivity contribution in [2.75, 3.05) is 4.90 Å². The van der Waals surface area contributed by atoms with Crippen LogP contribution in [-0.4, -0.2) is 0 Å². The lowest BCUT2D eigenvalue weighted by molar-refractivity contribution is 0.488. The van der Waals surface area contributed by atoms with Crippen molar-refractivity contribution in [1.82, 2.24) is 0 Å². The Balaban J connectivity index is 1.22. The summed E-state index contributed by atoms with van der Waals surface area (Å²) in [6.07, 6.45) is 0. The van der Waals surface area contributed by atoms with Crippen LogP contribution in [0.5, 0.6) is 11.5 Å². The van der Waals surface area contributed by atoms with E-state index < -0.39 is 0 Å². The first-order chi connectivity index (χ1) is 26.8. The average Bonchev–Trinajstić information content (AvgIpc) is 3.39. The van der Waals surface area contributed by atoms with Gasteiger partial charge in [-0.2, -0.15) is 0 Å². The summed E-state index contributed by atoms with van der Waals surface area (Å²) in [5.41, 5.74) is 14.6. The van der Waals surface area contributed by atoms with E-state index in [9.17, 15) is 0 Å². The molecule has 0 aliphatic carbocycles. The Bertz CT molecular complexity index is 2670. The van der Waals surface area contributed by atoms with Crippen molar-refractivity contribution in [3.05, 3.63) is 212 Å². The number of hydrogen-bond acceptors (Lipinski definition) is 2. The van der Waals surface area contributed by atoms with E-state index in [4.69, 9.17) is 4.74 Å². The van der Waals surface area contributed by atoms with Crippen LogP contribution >= 0.6 is 0 Å². The Morgan fingerprint density at radius 2 is 0.778 bits per heavy atom. The van der Waals surface area contributed by atoms with Gasteiger partial charge in [0, 0.05) is 28.1 Å². The van der Waals surface area contributed by atoms with Crippen LogP contribution in [0.4, 0.5) is 17.1 Å². The highest BCUT2D eigenvalue weighted by atomic mass is 16.5. The first-order valence-corrected chi connectivity index (χ1v) is 18.4. The van der Waals surface area contributed by atoms with Crippen molar-refractivity contribution in [3.63, 3.8) is 0 Å². The van der Waals surface area contributed by atoms with Gasteiger partial charge in [-0.25, -0.2) is 0 Å². The van der Waals surface area contributed by atoms with Crippen molar-refractivity contribution in [2.45, 2.75) is 0 Å². The van der Waals surface area contributed by atoms with Crippen molar-refractivity contribution < 1.29 is 4.74 Å². The van der Waals surface area contributed by atoms with Gasteiger partial charge in [0.1, 0.15) is 11.5 Å². The number of nitrogens with zero attached hydrogens (tertiary/aromatic N) is 1. The standard InChI is InChI=1S/C52H35NO/c1-4-14-36(15-5-1)38-26-30-43(31-27-38)53(44-32-28-39(29-33-44)37-16-6-2-7-17-37)48-24-13-25-49-52(48)46-23-12-22-45(40-18-8-3-9-19-40)51(46)47-34-41-20-10-11-21-42(41)35-50(47)54-49/h1-35H. The Hall–Kier alpha value is -7.16. The van der Waals surface area contributed by atoms with Gasteiger partial charge in [-0.1, -0.05) is 164 Å². The molecule has 0 unspecified atom stereocenters. The molecule has 2 nitrogen and oxygen atoms in total. The maximum Gasteiger partial charge on any atom is 0.137 e. The molecule has 2 heteroatoms. The summed E-state index contributed by atoms with van der Waals surface area (Å²) in [4.78, 5) is 2.37. The second-order valence-corrected chi connectivity index (χ2v) is 13.7. The highest BCUT2D eigenvalue weighted by molar-refractivity contribution is 6.06. The molecule has 0 spiro atoms. The van der Waals surface area contributed by atoms with E-state index in [2.05, 4.69) is 217 Å². The molecule has 10 rings (SSSR count). The molecule has 1 aliphatic heterocycles. The van der Waals surface area contributed by atoms with Crippen LogP contribution in [0, 0.1) is 0 Å². The Morgan fingerprint density at radius 3 is 1.37 bits per heavy atom. The first kappa shape index (κ1) is 31.6. The Morgan fingerprint density at radius 1 is 0.296 bits per heavy atom. The number of hydrogen-bond donors (Lipinski definition) is 0. The molecule has 1 aliphatic rings.